The Hall–Kier alpha value is -0.560. The van der Waals surface area contributed by atoms with Crippen LogP contribution in [-0.2, 0) is 14.8 Å². The standard InChI is InChI=1S/C14H19NO3S2/c1-11-3-5-13(6-4-11)20(16,17)15-9-14(10-15)7-12(18-2)8-19-14/h3-6,12H,7-10H2,1-2H3/t12-/m0/s1. The zero-order chi connectivity index (χ0) is 14.4. The van der Waals surface area contributed by atoms with Gasteiger partial charge in [0, 0.05) is 30.7 Å². The molecule has 1 aromatic rings. The van der Waals surface area contributed by atoms with E-state index in [1.54, 1.807) is 23.5 Å². The number of nitrogens with zero attached hydrogens (tertiary/aromatic N) is 1. The Morgan fingerprint density at radius 3 is 2.50 bits per heavy atom. The molecule has 0 saturated carbocycles. The van der Waals surface area contributed by atoms with Crippen LogP contribution in [0.1, 0.15) is 12.0 Å². The van der Waals surface area contributed by atoms with E-state index >= 15 is 0 Å². The van der Waals surface area contributed by atoms with Crippen LogP contribution in [0.25, 0.3) is 0 Å². The molecular formula is C14H19NO3S2. The van der Waals surface area contributed by atoms with Gasteiger partial charge in [-0.2, -0.15) is 4.31 Å². The van der Waals surface area contributed by atoms with Gasteiger partial charge in [-0.3, -0.25) is 0 Å². The van der Waals surface area contributed by atoms with Crippen LogP contribution in [0.5, 0.6) is 0 Å². The van der Waals surface area contributed by atoms with Crippen LogP contribution >= 0.6 is 11.8 Å². The Kier molecular flexibility index (Phi) is 3.61. The van der Waals surface area contributed by atoms with Crippen molar-refractivity contribution in [2.45, 2.75) is 29.1 Å². The highest BCUT2D eigenvalue weighted by Gasteiger charge is 2.53. The molecule has 2 aliphatic rings. The van der Waals surface area contributed by atoms with Gasteiger partial charge in [0.05, 0.1) is 11.0 Å². The molecule has 2 aliphatic heterocycles. The number of hydrogen-bond donors (Lipinski definition) is 0. The summed E-state index contributed by atoms with van der Waals surface area (Å²) in [7, 11) is -1.60. The van der Waals surface area contributed by atoms with Crippen molar-refractivity contribution in [1.82, 2.24) is 4.31 Å². The van der Waals surface area contributed by atoms with Crippen molar-refractivity contribution in [3.63, 3.8) is 0 Å². The summed E-state index contributed by atoms with van der Waals surface area (Å²) in [4.78, 5) is 0.393. The van der Waals surface area contributed by atoms with Gasteiger partial charge in [0.1, 0.15) is 0 Å². The van der Waals surface area contributed by atoms with Crippen LogP contribution in [0.2, 0.25) is 0 Å². The highest BCUT2D eigenvalue weighted by atomic mass is 32.2. The van der Waals surface area contributed by atoms with E-state index in [1.165, 1.54) is 0 Å². The maximum absolute atomic E-state index is 12.5. The highest BCUT2D eigenvalue weighted by Crippen LogP contribution is 2.47. The van der Waals surface area contributed by atoms with Gasteiger partial charge < -0.3 is 4.74 Å². The van der Waals surface area contributed by atoms with Crippen LogP contribution in [0.4, 0.5) is 0 Å². The molecule has 20 heavy (non-hydrogen) atoms. The minimum atomic E-state index is -3.33. The van der Waals surface area contributed by atoms with Gasteiger partial charge in [0.15, 0.2) is 0 Å². The fourth-order valence-electron chi connectivity index (χ4n) is 2.80. The second-order valence-electron chi connectivity index (χ2n) is 5.64. The van der Waals surface area contributed by atoms with E-state index in [0.717, 1.165) is 17.7 Å². The first-order chi connectivity index (χ1) is 9.45. The quantitative estimate of drug-likeness (QED) is 0.855. The number of methoxy groups -OCH3 is 1. The number of ether oxygens (including phenoxy) is 1. The SMILES string of the molecule is CO[C@@H]1CSC2(C1)CN(S(=O)(=O)c1ccc(C)cc1)C2. The summed E-state index contributed by atoms with van der Waals surface area (Å²) < 4.78 is 32.0. The molecule has 0 unspecified atom stereocenters. The predicted molar refractivity (Wildman–Crippen MR) is 80.5 cm³/mol. The van der Waals surface area contributed by atoms with Gasteiger partial charge >= 0.3 is 0 Å². The molecule has 0 aliphatic carbocycles. The van der Waals surface area contributed by atoms with E-state index in [-0.39, 0.29) is 10.9 Å². The lowest BCUT2D eigenvalue weighted by atomic mass is 9.96. The Labute approximate surface area is 124 Å². The zero-order valence-electron chi connectivity index (χ0n) is 11.7. The fourth-order valence-corrected chi connectivity index (χ4v) is 6.17. The van der Waals surface area contributed by atoms with Gasteiger partial charge in [0.2, 0.25) is 10.0 Å². The topological polar surface area (TPSA) is 46.6 Å². The van der Waals surface area contributed by atoms with Crippen LogP contribution in [-0.4, -0.2) is 49.5 Å². The second-order valence-corrected chi connectivity index (χ2v) is 9.07. The van der Waals surface area contributed by atoms with Gasteiger partial charge in [0.25, 0.3) is 0 Å². The third kappa shape index (κ3) is 2.39. The molecule has 3 rings (SSSR count). The summed E-state index contributed by atoms with van der Waals surface area (Å²) >= 11 is 1.85. The largest absolute Gasteiger partial charge is 0.381 e. The smallest absolute Gasteiger partial charge is 0.243 e. The maximum Gasteiger partial charge on any atom is 0.243 e. The van der Waals surface area contributed by atoms with E-state index in [4.69, 9.17) is 4.74 Å². The number of benzene rings is 1. The summed E-state index contributed by atoms with van der Waals surface area (Å²) in [5.74, 6) is 0.967. The summed E-state index contributed by atoms with van der Waals surface area (Å²) in [6.45, 7) is 3.16. The van der Waals surface area contributed by atoms with E-state index in [0.29, 0.717) is 18.0 Å². The lowest BCUT2D eigenvalue weighted by Gasteiger charge is -2.46. The lowest BCUT2D eigenvalue weighted by molar-refractivity contribution is 0.0931. The van der Waals surface area contributed by atoms with Crippen molar-refractivity contribution in [3.8, 4) is 0 Å². The molecule has 0 aromatic heterocycles. The Morgan fingerprint density at radius 1 is 1.30 bits per heavy atom. The first kappa shape index (κ1) is 14.4. The molecule has 0 radical (unpaired) electrons. The molecule has 110 valence electrons. The summed E-state index contributed by atoms with van der Waals surface area (Å²) in [6.07, 6.45) is 1.22. The minimum absolute atomic E-state index is 0.0818. The molecule has 0 bridgehead atoms. The molecule has 2 saturated heterocycles. The molecule has 2 heterocycles. The predicted octanol–water partition coefficient (Wildman–Crippen LogP) is 1.89. The Bertz CT molecular complexity index is 591. The molecule has 1 atom stereocenters. The van der Waals surface area contributed by atoms with E-state index in [9.17, 15) is 8.42 Å². The van der Waals surface area contributed by atoms with Crippen LogP contribution in [0.15, 0.2) is 29.2 Å². The van der Waals surface area contributed by atoms with E-state index in [2.05, 4.69) is 0 Å². The Balaban J connectivity index is 1.71. The number of sulfonamides is 1. The zero-order valence-corrected chi connectivity index (χ0v) is 13.3. The fraction of sp³-hybridized carbons (Fsp3) is 0.571. The van der Waals surface area contributed by atoms with Crippen molar-refractivity contribution in [2.75, 3.05) is 26.0 Å². The molecular weight excluding hydrogens is 294 g/mol. The molecule has 2 fully saturated rings. The monoisotopic (exact) mass is 313 g/mol. The number of rotatable bonds is 3. The van der Waals surface area contributed by atoms with Crippen molar-refractivity contribution in [3.05, 3.63) is 29.8 Å². The normalized spacial score (nSPS) is 25.8. The van der Waals surface area contributed by atoms with Crippen LogP contribution < -0.4 is 0 Å². The first-order valence-electron chi connectivity index (χ1n) is 6.69. The van der Waals surface area contributed by atoms with Crippen molar-refractivity contribution >= 4 is 21.8 Å². The molecule has 1 spiro atoms. The van der Waals surface area contributed by atoms with Crippen molar-refractivity contribution in [1.29, 1.82) is 0 Å². The third-order valence-electron chi connectivity index (χ3n) is 4.10. The van der Waals surface area contributed by atoms with Gasteiger partial charge in [-0.05, 0) is 25.5 Å². The summed E-state index contributed by atoms with van der Waals surface area (Å²) in [5.41, 5.74) is 1.07. The third-order valence-corrected chi connectivity index (χ3v) is 7.48. The Morgan fingerprint density at radius 2 is 1.95 bits per heavy atom. The average Bonchev–Trinajstić information content (AvgIpc) is 2.82. The van der Waals surface area contributed by atoms with Crippen molar-refractivity contribution in [2.24, 2.45) is 0 Å². The van der Waals surface area contributed by atoms with Crippen LogP contribution in [0.3, 0.4) is 0 Å². The number of aryl methyl sites for hydroxylation is 1. The first-order valence-corrected chi connectivity index (χ1v) is 9.11. The molecule has 4 nitrogen and oxygen atoms in total. The minimum Gasteiger partial charge on any atom is -0.381 e. The highest BCUT2D eigenvalue weighted by molar-refractivity contribution is 8.01. The van der Waals surface area contributed by atoms with Gasteiger partial charge in [-0.25, -0.2) is 8.42 Å². The summed E-state index contributed by atoms with van der Waals surface area (Å²) in [6, 6.07) is 7.06. The molecule has 0 N–H and O–H groups in total. The van der Waals surface area contributed by atoms with Gasteiger partial charge in [-0.1, -0.05) is 17.7 Å². The van der Waals surface area contributed by atoms with Crippen LogP contribution in [0, 0.1) is 6.92 Å². The average molecular weight is 313 g/mol. The lowest BCUT2D eigenvalue weighted by Crippen LogP contribution is -2.60. The van der Waals surface area contributed by atoms with E-state index in [1.807, 2.05) is 30.8 Å². The summed E-state index contributed by atoms with van der Waals surface area (Å²) in [5, 5.41) is 0. The molecule has 0 amide bonds. The molecule has 1 aromatic carbocycles. The molecule has 6 heteroatoms. The maximum atomic E-state index is 12.5. The second kappa shape index (κ2) is 5.02. The number of hydrogen-bond acceptors (Lipinski definition) is 4. The number of thioether (sulfide) groups is 1. The van der Waals surface area contributed by atoms with Crippen molar-refractivity contribution < 1.29 is 13.2 Å². The van der Waals surface area contributed by atoms with Gasteiger partial charge in [-0.15, -0.1) is 11.8 Å². The van der Waals surface area contributed by atoms with E-state index < -0.39 is 10.0 Å².